The molecular formula is C14H12INOS. The number of rotatable bonds is 2. The standard InChI is InChI=1S/C14H12INOS/c15-12-7-10(8-18-12)14(17)11-5-1-3-9-4-2-6-16-13(9)11/h2,4,6-8,11H,1,3,5H2. The number of hydrogen-bond acceptors (Lipinski definition) is 3. The van der Waals surface area contributed by atoms with Crippen molar-refractivity contribution in [3.8, 4) is 0 Å². The third-order valence-corrected chi connectivity index (χ3v) is 5.15. The van der Waals surface area contributed by atoms with E-state index in [1.54, 1.807) is 17.5 Å². The number of hydrogen-bond donors (Lipinski definition) is 0. The minimum absolute atomic E-state index is 0.0413. The van der Waals surface area contributed by atoms with Crippen LogP contribution >= 0.6 is 33.9 Å². The molecule has 2 heterocycles. The molecule has 4 heteroatoms. The molecule has 1 atom stereocenters. The first-order valence-electron chi connectivity index (χ1n) is 5.98. The number of thiophene rings is 1. The molecule has 2 aromatic rings. The number of aryl methyl sites for hydroxylation is 1. The Morgan fingerprint density at radius 1 is 1.50 bits per heavy atom. The molecule has 0 aliphatic heterocycles. The lowest BCUT2D eigenvalue weighted by Gasteiger charge is -2.22. The molecule has 0 saturated carbocycles. The van der Waals surface area contributed by atoms with Crippen molar-refractivity contribution in [1.29, 1.82) is 0 Å². The summed E-state index contributed by atoms with van der Waals surface area (Å²) in [7, 11) is 0. The quantitative estimate of drug-likeness (QED) is 0.591. The lowest BCUT2D eigenvalue weighted by Crippen LogP contribution is -2.19. The normalized spacial score (nSPS) is 18.4. The highest BCUT2D eigenvalue weighted by atomic mass is 127. The Kier molecular flexibility index (Phi) is 3.48. The first-order valence-corrected chi connectivity index (χ1v) is 7.93. The van der Waals surface area contributed by atoms with E-state index in [0.29, 0.717) is 0 Å². The van der Waals surface area contributed by atoms with E-state index in [4.69, 9.17) is 0 Å². The summed E-state index contributed by atoms with van der Waals surface area (Å²) in [6.07, 6.45) is 4.85. The van der Waals surface area contributed by atoms with Gasteiger partial charge in [0.15, 0.2) is 5.78 Å². The molecule has 0 amide bonds. The van der Waals surface area contributed by atoms with Gasteiger partial charge in [0.05, 0.1) is 14.5 Å². The predicted octanol–water partition coefficient (Wildman–Crippen LogP) is 4.05. The largest absolute Gasteiger partial charge is 0.293 e. The fourth-order valence-corrected chi connectivity index (χ4v) is 3.84. The van der Waals surface area contributed by atoms with E-state index in [1.165, 1.54) is 5.56 Å². The summed E-state index contributed by atoms with van der Waals surface area (Å²) in [4.78, 5) is 17.0. The van der Waals surface area contributed by atoms with E-state index in [1.807, 2.05) is 17.5 Å². The fraction of sp³-hybridized carbons (Fsp3) is 0.286. The van der Waals surface area contributed by atoms with Gasteiger partial charge in [-0.1, -0.05) is 6.07 Å². The molecule has 92 valence electrons. The minimum atomic E-state index is -0.0413. The van der Waals surface area contributed by atoms with E-state index in [2.05, 4.69) is 33.6 Å². The lowest BCUT2D eigenvalue weighted by molar-refractivity contribution is 0.0949. The van der Waals surface area contributed by atoms with Crippen LogP contribution in [0.15, 0.2) is 29.8 Å². The number of pyridine rings is 1. The maximum Gasteiger partial charge on any atom is 0.172 e. The first-order chi connectivity index (χ1) is 8.75. The molecule has 18 heavy (non-hydrogen) atoms. The molecule has 1 aliphatic carbocycles. The first kappa shape index (κ1) is 12.3. The molecule has 2 aromatic heterocycles. The molecule has 1 aliphatic rings. The zero-order valence-corrected chi connectivity index (χ0v) is 12.7. The van der Waals surface area contributed by atoms with Gasteiger partial charge in [-0.15, -0.1) is 11.3 Å². The molecule has 1 unspecified atom stereocenters. The van der Waals surface area contributed by atoms with Crippen molar-refractivity contribution in [1.82, 2.24) is 4.98 Å². The van der Waals surface area contributed by atoms with Crippen LogP contribution in [0.3, 0.4) is 0 Å². The van der Waals surface area contributed by atoms with Crippen molar-refractivity contribution < 1.29 is 4.79 Å². The van der Waals surface area contributed by atoms with E-state index >= 15 is 0 Å². The highest BCUT2D eigenvalue weighted by Gasteiger charge is 2.28. The molecule has 3 rings (SSSR count). The fourth-order valence-electron chi connectivity index (χ4n) is 2.51. The van der Waals surface area contributed by atoms with Crippen molar-refractivity contribution in [2.75, 3.05) is 0 Å². The van der Waals surface area contributed by atoms with Crippen molar-refractivity contribution >= 4 is 39.7 Å². The highest BCUT2D eigenvalue weighted by molar-refractivity contribution is 14.1. The second-order valence-corrected chi connectivity index (χ2v) is 7.30. The van der Waals surface area contributed by atoms with Crippen LogP contribution < -0.4 is 0 Å². The van der Waals surface area contributed by atoms with Crippen LogP contribution in [0.5, 0.6) is 0 Å². The Balaban J connectivity index is 1.96. The molecular weight excluding hydrogens is 357 g/mol. The Morgan fingerprint density at radius 3 is 3.17 bits per heavy atom. The van der Waals surface area contributed by atoms with E-state index < -0.39 is 0 Å². The number of aromatic nitrogens is 1. The molecule has 0 spiro atoms. The summed E-state index contributed by atoms with van der Waals surface area (Å²) in [5.41, 5.74) is 3.08. The number of nitrogens with zero attached hydrogens (tertiary/aromatic N) is 1. The maximum absolute atomic E-state index is 12.5. The van der Waals surface area contributed by atoms with Gasteiger partial charge in [0, 0.05) is 17.1 Å². The van der Waals surface area contributed by atoms with Gasteiger partial charge in [-0.2, -0.15) is 0 Å². The van der Waals surface area contributed by atoms with Crippen LogP contribution in [0.25, 0.3) is 0 Å². The number of Topliss-reactive ketones (excluding diaryl/α,β-unsaturated/α-hetero) is 1. The summed E-state index contributed by atoms with van der Waals surface area (Å²) in [6.45, 7) is 0. The zero-order chi connectivity index (χ0) is 12.5. The number of halogens is 1. The van der Waals surface area contributed by atoms with E-state index in [-0.39, 0.29) is 11.7 Å². The molecule has 0 fully saturated rings. The second-order valence-electron chi connectivity index (χ2n) is 4.50. The smallest absolute Gasteiger partial charge is 0.172 e. The Hall–Kier alpha value is -0.750. The van der Waals surface area contributed by atoms with Gasteiger partial charge in [0.2, 0.25) is 0 Å². The molecule has 0 saturated heterocycles. The summed E-state index contributed by atoms with van der Waals surface area (Å²) < 4.78 is 1.16. The van der Waals surface area contributed by atoms with Gasteiger partial charge in [-0.3, -0.25) is 9.78 Å². The van der Waals surface area contributed by atoms with Gasteiger partial charge >= 0.3 is 0 Å². The number of fused-ring (bicyclic) bond motifs is 1. The SMILES string of the molecule is O=C(c1csc(I)c1)C1CCCc2cccnc21. The van der Waals surface area contributed by atoms with E-state index in [0.717, 1.165) is 33.4 Å². The lowest BCUT2D eigenvalue weighted by atomic mass is 9.82. The van der Waals surface area contributed by atoms with Crippen molar-refractivity contribution in [2.45, 2.75) is 25.2 Å². The topological polar surface area (TPSA) is 30.0 Å². The Labute approximate surface area is 124 Å². The predicted molar refractivity (Wildman–Crippen MR) is 81.3 cm³/mol. The Morgan fingerprint density at radius 2 is 2.39 bits per heavy atom. The van der Waals surface area contributed by atoms with Crippen molar-refractivity contribution in [3.05, 3.63) is 49.5 Å². The number of carbonyl (C=O) groups is 1. The van der Waals surface area contributed by atoms with Gasteiger partial charge < -0.3 is 0 Å². The summed E-state index contributed by atoms with van der Waals surface area (Å²) in [5.74, 6) is 0.189. The van der Waals surface area contributed by atoms with Gasteiger partial charge in [0.1, 0.15) is 0 Å². The van der Waals surface area contributed by atoms with Crippen LogP contribution in [-0.4, -0.2) is 10.8 Å². The van der Waals surface area contributed by atoms with Crippen molar-refractivity contribution in [2.24, 2.45) is 0 Å². The maximum atomic E-state index is 12.5. The third-order valence-electron chi connectivity index (χ3n) is 3.36. The molecule has 0 radical (unpaired) electrons. The summed E-state index contributed by atoms with van der Waals surface area (Å²) >= 11 is 3.88. The van der Waals surface area contributed by atoms with Crippen LogP contribution in [0.1, 0.15) is 40.4 Å². The van der Waals surface area contributed by atoms with Crippen LogP contribution in [0.2, 0.25) is 0 Å². The molecule has 0 bridgehead atoms. The average Bonchev–Trinajstić information content (AvgIpc) is 2.84. The van der Waals surface area contributed by atoms with Crippen LogP contribution in [0.4, 0.5) is 0 Å². The summed E-state index contributed by atoms with van der Waals surface area (Å²) in [5, 5.41) is 1.96. The van der Waals surface area contributed by atoms with Crippen molar-refractivity contribution in [3.63, 3.8) is 0 Å². The molecule has 0 N–H and O–H groups in total. The van der Waals surface area contributed by atoms with Gasteiger partial charge in [-0.05, 0) is 59.5 Å². The minimum Gasteiger partial charge on any atom is -0.293 e. The van der Waals surface area contributed by atoms with Gasteiger partial charge in [-0.25, -0.2) is 0 Å². The number of carbonyl (C=O) groups excluding carboxylic acids is 1. The van der Waals surface area contributed by atoms with Crippen LogP contribution in [-0.2, 0) is 6.42 Å². The second kappa shape index (κ2) is 5.09. The highest BCUT2D eigenvalue weighted by Crippen LogP contribution is 2.33. The molecule has 0 aromatic carbocycles. The monoisotopic (exact) mass is 369 g/mol. The molecule has 2 nitrogen and oxygen atoms in total. The van der Waals surface area contributed by atoms with E-state index in [9.17, 15) is 4.79 Å². The zero-order valence-electron chi connectivity index (χ0n) is 9.73. The van der Waals surface area contributed by atoms with Crippen LogP contribution in [0, 0.1) is 2.88 Å². The summed E-state index contributed by atoms with van der Waals surface area (Å²) in [6, 6.07) is 6.03. The average molecular weight is 369 g/mol. The Bertz CT molecular complexity index is 593. The number of ketones is 1. The van der Waals surface area contributed by atoms with Gasteiger partial charge in [0.25, 0.3) is 0 Å². The third kappa shape index (κ3) is 2.23.